The molecule has 2 N–H and O–H groups in total. The van der Waals surface area contributed by atoms with Crippen LogP contribution in [0.25, 0.3) is 5.52 Å². The third-order valence-corrected chi connectivity index (χ3v) is 3.43. The topological polar surface area (TPSA) is 52.5 Å². The molecule has 0 saturated heterocycles. The second kappa shape index (κ2) is 5.25. The SMILES string of the molecule is COc1ccc(CCc2ncc3cc(N)ccn23)cc1. The Hall–Kier alpha value is -2.49. The predicted molar refractivity (Wildman–Crippen MR) is 80.0 cm³/mol. The highest BCUT2D eigenvalue weighted by Crippen LogP contribution is 2.15. The summed E-state index contributed by atoms with van der Waals surface area (Å²) in [7, 11) is 1.68. The molecule has 0 saturated carbocycles. The fourth-order valence-electron chi connectivity index (χ4n) is 2.31. The maximum atomic E-state index is 5.77. The number of ether oxygens (including phenoxy) is 1. The lowest BCUT2D eigenvalue weighted by Crippen LogP contribution is -1.98. The van der Waals surface area contributed by atoms with Gasteiger partial charge in [-0.15, -0.1) is 0 Å². The van der Waals surface area contributed by atoms with E-state index in [4.69, 9.17) is 10.5 Å². The maximum absolute atomic E-state index is 5.77. The van der Waals surface area contributed by atoms with E-state index in [1.165, 1.54) is 5.56 Å². The molecule has 2 heterocycles. The summed E-state index contributed by atoms with van der Waals surface area (Å²) < 4.78 is 7.24. The van der Waals surface area contributed by atoms with E-state index in [9.17, 15) is 0 Å². The van der Waals surface area contributed by atoms with Crippen molar-refractivity contribution in [1.82, 2.24) is 9.38 Å². The number of nitrogens with zero attached hydrogens (tertiary/aromatic N) is 2. The normalized spacial score (nSPS) is 10.8. The Labute approximate surface area is 117 Å². The largest absolute Gasteiger partial charge is 0.497 e. The maximum Gasteiger partial charge on any atom is 0.118 e. The first kappa shape index (κ1) is 12.5. The van der Waals surface area contributed by atoms with Crippen molar-refractivity contribution in [2.24, 2.45) is 0 Å². The van der Waals surface area contributed by atoms with Crippen LogP contribution in [0.4, 0.5) is 5.69 Å². The van der Waals surface area contributed by atoms with E-state index in [0.29, 0.717) is 0 Å². The van der Waals surface area contributed by atoms with E-state index < -0.39 is 0 Å². The number of nitrogen functional groups attached to an aromatic ring is 1. The minimum atomic E-state index is 0.763. The number of hydrogen-bond donors (Lipinski definition) is 1. The average molecular weight is 267 g/mol. The van der Waals surface area contributed by atoms with E-state index in [-0.39, 0.29) is 0 Å². The van der Waals surface area contributed by atoms with Gasteiger partial charge in [0.25, 0.3) is 0 Å². The molecule has 0 aliphatic rings. The summed E-state index contributed by atoms with van der Waals surface area (Å²) in [5.41, 5.74) is 8.85. The number of anilines is 1. The van der Waals surface area contributed by atoms with Gasteiger partial charge in [-0.05, 0) is 36.2 Å². The summed E-state index contributed by atoms with van der Waals surface area (Å²) in [6.07, 6.45) is 5.68. The molecule has 20 heavy (non-hydrogen) atoms. The molecule has 102 valence electrons. The Kier molecular flexibility index (Phi) is 3.29. The Morgan fingerprint density at radius 1 is 1.15 bits per heavy atom. The quantitative estimate of drug-likeness (QED) is 0.790. The van der Waals surface area contributed by atoms with Crippen LogP contribution >= 0.6 is 0 Å². The number of aromatic nitrogens is 2. The summed E-state index contributed by atoms with van der Waals surface area (Å²) in [5.74, 6) is 1.94. The molecule has 0 fully saturated rings. The van der Waals surface area contributed by atoms with Crippen molar-refractivity contribution in [2.45, 2.75) is 12.8 Å². The number of imidazole rings is 1. The van der Waals surface area contributed by atoms with Crippen molar-refractivity contribution < 1.29 is 4.74 Å². The van der Waals surface area contributed by atoms with Gasteiger partial charge in [-0.1, -0.05) is 12.1 Å². The summed E-state index contributed by atoms with van der Waals surface area (Å²) in [5, 5.41) is 0. The minimum absolute atomic E-state index is 0.763. The minimum Gasteiger partial charge on any atom is -0.497 e. The van der Waals surface area contributed by atoms with Crippen LogP contribution in [0.15, 0.2) is 48.8 Å². The van der Waals surface area contributed by atoms with Gasteiger partial charge in [-0.3, -0.25) is 0 Å². The molecule has 0 unspecified atom stereocenters. The van der Waals surface area contributed by atoms with Crippen molar-refractivity contribution in [3.63, 3.8) is 0 Å². The monoisotopic (exact) mass is 267 g/mol. The van der Waals surface area contributed by atoms with E-state index in [1.807, 2.05) is 36.7 Å². The molecular weight excluding hydrogens is 250 g/mol. The molecule has 0 atom stereocenters. The number of nitrogens with two attached hydrogens (primary N) is 1. The number of methoxy groups -OCH3 is 1. The molecule has 3 rings (SSSR count). The average Bonchev–Trinajstić information content (AvgIpc) is 2.88. The standard InChI is InChI=1S/C16H17N3O/c1-20-15-5-2-12(3-6-15)4-7-16-18-11-14-10-13(17)8-9-19(14)16/h2-3,5-6,8-11H,4,7,17H2,1H3. The van der Waals surface area contributed by atoms with E-state index in [0.717, 1.165) is 35.6 Å². The number of hydrogen-bond acceptors (Lipinski definition) is 3. The highest BCUT2D eigenvalue weighted by molar-refractivity contribution is 5.55. The fourth-order valence-corrected chi connectivity index (χ4v) is 2.31. The van der Waals surface area contributed by atoms with Gasteiger partial charge in [0.15, 0.2) is 0 Å². The number of pyridine rings is 1. The van der Waals surface area contributed by atoms with Gasteiger partial charge >= 0.3 is 0 Å². The number of aryl methyl sites for hydroxylation is 2. The Morgan fingerprint density at radius 3 is 2.70 bits per heavy atom. The zero-order valence-corrected chi connectivity index (χ0v) is 11.4. The summed E-state index contributed by atoms with van der Waals surface area (Å²) in [6.45, 7) is 0. The third-order valence-electron chi connectivity index (χ3n) is 3.43. The van der Waals surface area contributed by atoms with Crippen LogP contribution in [-0.2, 0) is 12.8 Å². The van der Waals surface area contributed by atoms with E-state index in [1.54, 1.807) is 7.11 Å². The van der Waals surface area contributed by atoms with Crippen LogP contribution < -0.4 is 10.5 Å². The van der Waals surface area contributed by atoms with Gasteiger partial charge in [-0.2, -0.15) is 0 Å². The van der Waals surface area contributed by atoms with E-state index in [2.05, 4.69) is 21.5 Å². The van der Waals surface area contributed by atoms with Gasteiger partial charge < -0.3 is 14.9 Å². The summed E-state index contributed by atoms with van der Waals surface area (Å²) >= 11 is 0. The Bertz CT molecular complexity index is 716. The second-order valence-electron chi connectivity index (χ2n) is 4.78. The van der Waals surface area contributed by atoms with Crippen molar-refractivity contribution in [3.8, 4) is 5.75 Å². The molecule has 0 amide bonds. The first-order valence-corrected chi connectivity index (χ1v) is 6.60. The van der Waals surface area contributed by atoms with Crippen LogP contribution in [0.3, 0.4) is 0 Å². The van der Waals surface area contributed by atoms with Crippen molar-refractivity contribution in [3.05, 3.63) is 60.2 Å². The molecular formula is C16H17N3O. The summed E-state index contributed by atoms with van der Waals surface area (Å²) in [4.78, 5) is 4.47. The van der Waals surface area contributed by atoms with Crippen molar-refractivity contribution >= 4 is 11.2 Å². The molecule has 0 bridgehead atoms. The zero-order valence-electron chi connectivity index (χ0n) is 11.4. The van der Waals surface area contributed by atoms with Crippen LogP contribution in [0.2, 0.25) is 0 Å². The number of rotatable bonds is 4. The van der Waals surface area contributed by atoms with Gasteiger partial charge in [0.2, 0.25) is 0 Å². The molecule has 0 aliphatic carbocycles. The molecule has 3 aromatic rings. The molecule has 0 aliphatic heterocycles. The Balaban J connectivity index is 1.76. The highest BCUT2D eigenvalue weighted by atomic mass is 16.5. The third kappa shape index (κ3) is 2.45. The van der Waals surface area contributed by atoms with Crippen LogP contribution in [-0.4, -0.2) is 16.5 Å². The van der Waals surface area contributed by atoms with Gasteiger partial charge in [-0.25, -0.2) is 4.98 Å². The molecule has 0 spiro atoms. The van der Waals surface area contributed by atoms with Crippen LogP contribution in [0, 0.1) is 0 Å². The van der Waals surface area contributed by atoms with Crippen molar-refractivity contribution in [2.75, 3.05) is 12.8 Å². The fraction of sp³-hybridized carbons (Fsp3) is 0.188. The Morgan fingerprint density at radius 2 is 1.95 bits per heavy atom. The first-order chi connectivity index (χ1) is 9.76. The van der Waals surface area contributed by atoms with Gasteiger partial charge in [0, 0.05) is 18.3 Å². The molecule has 2 aromatic heterocycles. The smallest absolute Gasteiger partial charge is 0.118 e. The predicted octanol–water partition coefficient (Wildman–Crippen LogP) is 2.71. The van der Waals surface area contributed by atoms with Gasteiger partial charge in [0.1, 0.15) is 11.6 Å². The lowest BCUT2D eigenvalue weighted by molar-refractivity contribution is 0.414. The van der Waals surface area contributed by atoms with Crippen LogP contribution in [0.5, 0.6) is 5.75 Å². The van der Waals surface area contributed by atoms with Crippen molar-refractivity contribution in [1.29, 1.82) is 0 Å². The van der Waals surface area contributed by atoms with Gasteiger partial charge in [0.05, 0.1) is 18.8 Å². The molecule has 1 aromatic carbocycles. The molecule has 4 nitrogen and oxygen atoms in total. The van der Waals surface area contributed by atoms with E-state index >= 15 is 0 Å². The zero-order chi connectivity index (χ0) is 13.9. The summed E-state index contributed by atoms with van der Waals surface area (Å²) in [6, 6.07) is 12.0. The molecule has 4 heteroatoms. The highest BCUT2D eigenvalue weighted by Gasteiger charge is 2.04. The molecule has 0 radical (unpaired) electrons. The number of fused-ring (bicyclic) bond motifs is 1. The number of benzene rings is 1. The first-order valence-electron chi connectivity index (χ1n) is 6.60. The van der Waals surface area contributed by atoms with Crippen LogP contribution in [0.1, 0.15) is 11.4 Å². The lowest BCUT2D eigenvalue weighted by Gasteiger charge is -2.04. The second-order valence-corrected chi connectivity index (χ2v) is 4.78. The lowest BCUT2D eigenvalue weighted by atomic mass is 10.1.